The van der Waals surface area contributed by atoms with Crippen molar-refractivity contribution in [2.45, 2.75) is 58.3 Å². The van der Waals surface area contributed by atoms with Crippen LogP contribution in [0.3, 0.4) is 0 Å². The molecule has 1 aromatic carbocycles. The van der Waals surface area contributed by atoms with Crippen LogP contribution in [0, 0.1) is 0 Å². The van der Waals surface area contributed by atoms with E-state index < -0.39 is 5.91 Å². The predicted molar refractivity (Wildman–Crippen MR) is 106 cm³/mol. The highest BCUT2D eigenvalue weighted by Crippen LogP contribution is 2.25. The Balaban J connectivity index is 2.16. The predicted octanol–water partition coefficient (Wildman–Crippen LogP) is 3.11. The Labute approximate surface area is 161 Å². The molecule has 3 N–H and O–H groups in total. The maximum absolute atomic E-state index is 11.7. The number of rotatable bonds is 13. The Kier molecular flexibility index (Phi) is 11.3. The largest absolute Gasteiger partial charge is 0.504 e. The van der Waals surface area contributed by atoms with Crippen molar-refractivity contribution < 1.29 is 19.4 Å². The molecule has 1 aromatic rings. The Morgan fingerprint density at radius 2 is 1.81 bits per heavy atom. The van der Waals surface area contributed by atoms with Crippen molar-refractivity contribution in [1.29, 1.82) is 0 Å². The number of hydrazone groups is 1. The first-order valence-corrected chi connectivity index (χ1v) is 9.52. The second-order valence-electron chi connectivity index (χ2n) is 6.37. The van der Waals surface area contributed by atoms with Gasteiger partial charge >= 0.3 is 0 Å². The van der Waals surface area contributed by atoms with Gasteiger partial charge in [-0.25, -0.2) is 5.43 Å². The summed E-state index contributed by atoms with van der Waals surface area (Å²) in [5, 5.41) is 15.9. The number of unbranched alkanes of at least 4 members (excludes halogenated alkanes) is 6. The van der Waals surface area contributed by atoms with Crippen LogP contribution in [0.4, 0.5) is 0 Å². The zero-order valence-corrected chi connectivity index (χ0v) is 16.3. The van der Waals surface area contributed by atoms with E-state index in [1.807, 2.05) is 0 Å². The van der Waals surface area contributed by atoms with E-state index in [1.165, 1.54) is 45.1 Å². The normalized spacial score (nSPS) is 10.7. The third-order valence-corrected chi connectivity index (χ3v) is 4.06. The number of amides is 2. The molecule has 0 bridgehead atoms. The maximum atomic E-state index is 11.7. The van der Waals surface area contributed by atoms with Gasteiger partial charge in [-0.2, -0.15) is 5.10 Å². The number of hydrogen-bond acceptors (Lipinski definition) is 5. The number of nitrogens with one attached hydrogen (secondary N) is 2. The molecule has 0 heterocycles. The Bertz CT molecular complexity index is 617. The molecule has 0 fully saturated rings. The molecule has 27 heavy (non-hydrogen) atoms. The second-order valence-corrected chi connectivity index (χ2v) is 6.37. The van der Waals surface area contributed by atoms with E-state index in [0.717, 1.165) is 19.3 Å². The number of nitrogens with zero attached hydrogens (tertiary/aromatic N) is 1. The van der Waals surface area contributed by atoms with E-state index >= 15 is 0 Å². The summed E-state index contributed by atoms with van der Waals surface area (Å²) in [6.07, 6.45) is 9.92. The third kappa shape index (κ3) is 10.2. The fourth-order valence-corrected chi connectivity index (χ4v) is 2.50. The first-order chi connectivity index (χ1) is 13.1. The first kappa shape index (κ1) is 22.5. The van der Waals surface area contributed by atoms with Crippen molar-refractivity contribution in [3.05, 3.63) is 23.8 Å². The van der Waals surface area contributed by atoms with E-state index in [2.05, 4.69) is 22.8 Å². The van der Waals surface area contributed by atoms with Crippen LogP contribution >= 0.6 is 0 Å². The molecule has 0 radical (unpaired) electrons. The highest BCUT2D eigenvalue weighted by atomic mass is 16.5. The molecule has 150 valence electrons. The minimum absolute atomic E-state index is 0.0300. The summed E-state index contributed by atoms with van der Waals surface area (Å²) in [5.41, 5.74) is 3.01. The van der Waals surface area contributed by atoms with Gasteiger partial charge in [-0.05, 0) is 30.2 Å². The van der Waals surface area contributed by atoms with Gasteiger partial charge < -0.3 is 15.2 Å². The molecule has 0 saturated heterocycles. The molecule has 0 atom stereocenters. The highest BCUT2D eigenvalue weighted by molar-refractivity contribution is 5.86. The molecule has 0 saturated carbocycles. The SMILES string of the molecule is CCCCCCCCCC(=O)NCC(=O)N/N=C\c1ccc(O)c(OC)c1. The van der Waals surface area contributed by atoms with Gasteiger partial charge in [0.15, 0.2) is 11.5 Å². The summed E-state index contributed by atoms with van der Waals surface area (Å²) in [5.74, 6) is -0.166. The lowest BCUT2D eigenvalue weighted by Gasteiger charge is -2.05. The summed E-state index contributed by atoms with van der Waals surface area (Å²) in [4.78, 5) is 23.4. The zero-order chi connectivity index (χ0) is 19.9. The molecule has 0 aliphatic heterocycles. The van der Waals surface area contributed by atoms with Crippen molar-refractivity contribution in [1.82, 2.24) is 10.7 Å². The van der Waals surface area contributed by atoms with E-state index in [1.54, 1.807) is 12.1 Å². The minimum Gasteiger partial charge on any atom is -0.504 e. The van der Waals surface area contributed by atoms with Crippen LogP contribution < -0.4 is 15.5 Å². The summed E-state index contributed by atoms with van der Waals surface area (Å²) in [6, 6.07) is 4.71. The summed E-state index contributed by atoms with van der Waals surface area (Å²) in [7, 11) is 1.45. The van der Waals surface area contributed by atoms with Crippen LogP contribution in [-0.4, -0.2) is 36.8 Å². The molecule has 0 spiro atoms. The van der Waals surface area contributed by atoms with Crippen molar-refractivity contribution in [2.24, 2.45) is 5.10 Å². The lowest BCUT2D eigenvalue weighted by atomic mass is 10.1. The fraction of sp³-hybridized carbons (Fsp3) is 0.550. The first-order valence-electron chi connectivity index (χ1n) is 9.52. The number of phenolic OH excluding ortho intramolecular Hbond substituents is 1. The number of aromatic hydroxyl groups is 1. The van der Waals surface area contributed by atoms with E-state index in [4.69, 9.17) is 4.74 Å². The molecule has 0 unspecified atom stereocenters. The number of benzene rings is 1. The molecule has 7 nitrogen and oxygen atoms in total. The number of ether oxygens (including phenoxy) is 1. The van der Waals surface area contributed by atoms with Crippen LogP contribution in [0.15, 0.2) is 23.3 Å². The quantitative estimate of drug-likeness (QED) is 0.279. The van der Waals surface area contributed by atoms with Gasteiger partial charge in [0.1, 0.15) is 0 Å². The minimum atomic E-state index is -0.398. The lowest BCUT2D eigenvalue weighted by molar-refractivity contribution is -0.126. The van der Waals surface area contributed by atoms with E-state index in [0.29, 0.717) is 17.7 Å². The fourth-order valence-electron chi connectivity index (χ4n) is 2.50. The molecular formula is C20H31N3O4. The van der Waals surface area contributed by atoms with Gasteiger partial charge in [-0.1, -0.05) is 45.4 Å². The monoisotopic (exact) mass is 377 g/mol. The number of hydrogen-bond donors (Lipinski definition) is 3. The molecule has 7 heteroatoms. The molecule has 1 rings (SSSR count). The van der Waals surface area contributed by atoms with Crippen LogP contribution in [0.2, 0.25) is 0 Å². The number of carbonyl (C=O) groups excluding carboxylic acids is 2. The average Bonchev–Trinajstić information content (AvgIpc) is 2.67. The average molecular weight is 377 g/mol. The van der Waals surface area contributed by atoms with Crippen molar-refractivity contribution in [3.63, 3.8) is 0 Å². The third-order valence-electron chi connectivity index (χ3n) is 4.06. The zero-order valence-electron chi connectivity index (χ0n) is 16.3. The van der Waals surface area contributed by atoms with Gasteiger partial charge in [-0.3, -0.25) is 9.59 Å². The lowest BCUT2D eigenvalue weighted by Crippen LogP contribution is -2.34. The van der Waals surface area contributed by atoms with Crippen molar-refractivity contribution in [2.75, 3.05) is 13.7 Å². The number of carbonyl (C=O) groups is 2. The Morgan fingerprint density at radius 3 is 2.52 bits per heavy atom. The summed E-state index contributed by atoms with van der Waals surface area (Å²) < 4.78 is 5.00. The Morgan fingerprint density at radius 1 is 1.11 bits per heavy atom. The molecule has 0 aliphatic carbocycles. The summed E-state index contributed by atoms with van der Waals surface area (Å²) >= 11 is 0. The molecular weight excluding hydrogens is 346 g/mol. The second kappa shape index (κ2) is 13.6. The number of methoxy groups -OCH3 is 1. The van der Waals surface area contributed by atoms with E-state index in [-0.39, 0.29) is 18.2 Å². The molecule has 0 aliphatic rings. The summed E-state index contributed by atoms with van der Waals surface area (Å²) in [6.45, 7) is 2.09. The smallest absolute Gasteiger partial charge is 0.259 e. The van der Waals surface area contributed by atoms with Crippen molar-refractivity contribution >= 4 is 18.0 Å². The molecule has 0 aromatic heterocycles. The van der Waals surface area contributed by atoms with Gasteiger partial charge in [-0.15, -0.1) is 0 Å². The van der Waals surface area contributed by atoms with Gasteiger partial charge in [0, 0.05) is 6.42 Å². The standard InChI is InChI=1S/C20H31N3O4/c1-3-4-5-6-7-8-9-10-19(25)21-15-20(26)23-22-14-16-11-12-17(24)18(13-16)27-2/h11-14,24H,3-10,15H2,1-2H3,(H,21,25)(H,23,26)/b22-14-. The van der Waals surface area contributed by atoms with Crippen LogP contribution in [0.25, 0.3) is 0 Å². The highest BCUT2D eigenvalue weighted by Gasteiger charge is 2.05. The van der Waals surface area contributed by atoms with Crippen LogP contribution in [-0.2, 0) is 9.59 Å². The molecule has 2 amide bonds. The van der Waals surface area contributed by atoms with Crippen LogP contribution in [0.1, 0.15) is 63.9 Å². The van der Waals surface area contributed by atoms with Gasteiger partial charge in [0.25, 0.3) is 5.91 Å². The topological polar surface area (TPSA) is 100 Å². The number of phenols is 1. The van der Waals surface area contributed by atoms with E-state index in [9.17, 15) is 14.7 Å². The van der Waals surface area contributed by atoms with Gasteiger partial charge in [0.2, 0.25) is 5.91 Å². The van der Waals surface area contributed by atoms with Gasteiger partial charge in [0.05, 0.1) is 19.9 Å². The maximum Gasteiger partial charge on any atom is 0.259 e. The van der Waals surface area contributed by atoms with Crippen LogP contribution in [0.5, 0.6) is 11.5 Å². The Hall–Kier alpha value is -2.57. The van der Waals surface area contributed by atoms with Crippen molar-refractivity contribution in [3.8, 4) is 11.5 Å².